The summed E-state index contributed by atoms with van der Waals surface area (Å²) in [4.78, 5) is 31.5. The van der Waals surface area contributed by atoms with Crippen molar-refractivity contribution in [3.8, 4) is 16.3 Å². The number of anilines is 1. The van der Waals surface area contributed by atoms with E-state index in [1.807, 2.05) is 49.4 Å². The van der Waals surface area contributed by atoms with Crippen LogP contribution in [0.4, 0.5) is 5.69 Å². The first-order chi connectivity index (χ1) is 14.1. The van der Waals surface area contributed by atoms with Crippen LogP contribution in [0.2, 0.25) is 0 Å². The summed E-state index contributed by atoms with van der Waals surface area (Å²) in [6.45, 7) is 2.38. The Bertz CT molecular complexity index is 972. The van der Waals surface area contributed by atoms with E-state index in [-0.39, 0.29) is 18.4 Å². The SMILES string of the molecule is CCCN(CC(=O)Nc1ccccc1OC)C(=O)c1csc(-c2ccccc2)n1. The molecule has 1 N–H and O–H groups in total. The first-order valence-electron chi connectivity index (χ1n) is 9.35. The Labute approximate surface area is 174 Å². The molecule has 0 aliphatic carbocycles. The maximum atomic E-state index is 13.0. The van der Waals surface area contributed by atoms with Gasteiger partial charge in [0, 0.05) is 17.5 Å². The number of hydrogen-bond donors (Lipinski definition) is 1. The second-order valence-corrected chi connectivity index (χ2v) is 7.24. The number of thiazole rings is 1. The van der Waals surface area contributed by atoms with Gasteiger partial charge in [-0.2, -0.15) is 0 Å². The summed E-state index contributed by atoms with van der Waals surface area (Å²) in [5.41, 5.74) is 1.89. The van der Waals surface area contributed by atoms with Crippen LogP contribution >= 0.6 is 11.3 Å². The molecule has 0 aliphatic heterocycles. The minimum Gasteiger partial charge on any atom is -0.495 e. The van der Waals surface area contributed by atoms with E-state index in [0.717, 1.165) is 17.0 Å². The zero-order valence-electron chi connectivity index (χ0n) is 16.4. The molecule has 0 spiro atoms. The van der Waals surface area contributed by atoms with Crippen LogP contribution in [0.15, 0.2) is 60.0 Å². The highest BCUT2D eigenvalue weighted by Gasteiger charge is 2.21. The van der Waals surface area contributed by atoms with Gasteiger partial charge in [0.05, 0.1) is 12.8 Å². The molecule has 0 saturated heterocycles. The van der Waals surface area contributed by atoms with E-state index in [0.29, 0.717) is 23.7 Å². The van der Waals surface area contributed by atoms with Crippen molar-refractivity contribution in [1.29, 1.82) is 0 Å². The van der Waals surface area contributed by atoms with Crippen LogP contribution in [-0.4, -0.2) is 41.9 Å². The summed E-state index contributed by atoms with van der Waals surface area (Å²) >= 11 is 1.42. The number of carbonyl (C=O) groups is 2. The Morgan fingerprint density at radius 3 is 2.55 bits per heavy atom. The first kappa shape index (κ1) is 20.5. The number of nitrogens with zero attached hydrogens (tertiary/aromatic N) is 2. The number of rotatable bonds is 8. The minimum atomic E-state index is -0.283. The van der Waals surface area contributed by atoms with Gasteiger partial charge in [-0.1, -0.05) is 49.4 Å². The number of aromatic nitrogens is 1. The van der Waals surface area contributed by atoms with E-state index >= 15 is 0 Å². The lowest BCUT2D eigenvalue weighted by Crippen LogP contribution is -2.38. The summed E-state index contributed by atoms with van der Waals surface area (Å²) in [6, 6.07) is 16.9. The van der Waals surface area contributed by atoms with Crippen LogP contribution in [0.3, 0.4) is 0 Å². The number of amides is 2. The number of benzene rings is 2. The Morgan fingerprint density at radius 2 is 1.83 bits per heavy atom. The first-order valence-corrected chi connectivity index (χ1v) is 10.2. The molecule has 3 rings (SSSR count). The van der Waals surface area contributed by atoms with Gasteiger partial charge in [0.25, 0.3) is 5.91 Å². The Balaban J connectivity index is 1.71. The average molecular weight is 410 g/mol. The molecule has 2 aromatic carbocycles. The van der Waals surface area contributed by atoms with Crippen LogP contribution in [0.25, 0.3) is 10.6 Å². The summed E-state index contributed by atoms with van der Waals surface area (Å²) in [5.74, 6) is 0.0384. The van der Waals surface area contributed by atoms with Gasteiger partial charge < -0.3 is 15.0 Å². The average Bonchev–Trinajstić information content (AvgIpc) is 3.24. The van der Waals surface area contributed by atoms with Crippen molar-refractivity contribution in [3.05, 3.63) is 65.7 Å². The molecule has 0 atom stereocenters. The van der Waals surface area contributed by atoms with Gasteiger partial charge in [-0.15, -0.1) is 11.3 Å². The van der Waals surface area contributed by atoms with Crippen LogP contribution in [-0.2, 0) is 4.79 Å². The lowest BCUT2D eigenvalue weighted by Gasteiger charge is -2.21. The second kappa shape index (κ2) is 9.84. The molecule has 0 unspecified atom stereocenters. The standard InChI is InChI=1S/C22H23N3O3S/c1-3-13-25(14-20(26)23-17-11-7-8-12-19(17)28-2)22(27)18-15-29-21(24-18)16-9-5-4-6-10-16/h4-12,15H,3,13-14H2,1-2H3,(H,23,26). The quantitative estimate of drug-likeness (QED) is 0.602. The van der Waals surface area contributed by atoms with Crippen LogP contribution in [0.5, 0.6) is 5.75 Å². The Hall–Kier alpha value is -3.19. The van der Waals surface area contributed by atoms with Gasteiger partial charge in [0.15, 0.2) is 0 Å². The highest BCUT2D eigenvalue weighted by molar-refractivity contribution is 7.13. The van der Waals surface area contributed by atoms with E-state index in [2.05, 4.69) is 10.3 Å². The highest BCUT2D eigenvalue weighted by Crippen LogP contribution is 2.25. The number of ether oxygens (including phenoxy) is 1. The molecule has 0 aliphatic rings. The maximum Gasteiger partial charge on any atom is 0.273 e. The van der Waals surface area contributed by atoms with Crippen LogP contribution in [0, 0.1) is 0 Å². The molecule has 0 fully saturated rings. The molecular formula is C22H23N3O3S. The summed E-state index contributed by atoms with van der Waals surface area (Å²) in [7, 11) is 1.55. The lowest BCUT2D eigenvalue weighted by molar-refractivity contribution is -0.116. The zero-order chi connectivity index (χ0) is 20.6. The topological polar surface area (TPSA) is 71.5 Å². The van der Waals surface area contributed by atoms with Gasteiger partial charge in [-0.05, 0) is 18.6 Å². The number of hydrogen-bond acceptors (Lipinski definition) is 5. The molecule has 29 heavy (non-hydrogen) atoms. The Morgan fingerprint density at radius 1 is 1.10 bits per heavy atom. The van der Waals surface area contributed by atoms with E-state index in [4.69, 9.17) is 4.74 Å². The van der Waals surface area contributed by atoms with Crippen LogP contribution in [0.1, 0.15) is 23.8 Å². The van der Waals surface area contributed by atoms with Crippen LogP contribution < -0.4 is 10.1 Å². The summed E-state index contributed by atoms with van der Waals surface area (Å²) in [6.07, 6.45) is 0.739. The molecule has 6 nitrogen and oxygen atoms in total. The molecule has 0 radical (unpaired) electrons. The van der Waals surface area contributed by atoms with Crippen molar-refractivity contribution in [2.24, 2.45) is 0 Å². The largest absolute Gasteiger partial charge is 0.495 e. The second-order valence-electron chi connectivity index (χ2n) is 6.38. The van der Waals surface area contributed by atoms with Gasteiger partial charge in [0.2, 0.25) is 5.91 Å². The van der Waals surface area contributed by atoms with Crippen molar-refractivity contribution >= 4 is 28.8 Å². The molecule has 0 saturated carbocycles. The van der Waals surface area contributed by atoms with Gasteiger partial charge in [0.1, 0.15) is 23.0 Å². The molecule has 1 aromatic heterocycles. The Kier molecular flexibility index (Phi) is 6.97. The zero-order valence-corrected chi connectivity index (χ0v) is 17.2. The number of methoxy groups -OCH3 is 1. The minimum absolute atomic E-state index is 0.0527. The third-order valence-corrected chi connectivity index (χ3v) is 5.13. The fraction of sp³-hybridized carbons (Fsp3) is 0.227. The normalized spacial score (nSPS) is 10.4. The number of para-hydroxylation sites is 2. The molecule has 3 aromatic rings. The lowest BCUT2D eigenvalue weighted by atomic mass is 10.2. The molecule has 0 bridgehead atoms. The van der Waals surface area contributed by atoms with E-state index < -0.39 is 0 Å². The van der Waals surface area contributed by atoms with Crippen molar-refractivity contribution in [1.82, 2.24) is 9.88 Å². The predicted molar refractivity (Wildman–Crippen MR) is 115 cm³/mol. The summed E-state index contributed by atoms with van der Waals surface area (Å²) < 4.78 is 5.26. The molecule has 7 heteroatoms. The van der Waals surface area contributed by atoms with Crippen molar-refractivity contribution in [2.75, 3.05) is 25.5 Å². The van der Waals surface area contributed by atoms with E-state index in [1.54, 1.807) is 24.6 Å². The van der Waals surface area contributed by atoms with Gasteiger partial charge >= 0.3 is 0 Å². The maximum absolute atomic E-state index is 13.0. The predicted octanol–water partition coefficient (Wildman–Crippen LogP) is 4.31. The molecular weight excluding hydrogens is 386 g/mol. The fourth-order valence-corrected chi connectivity index (χ4v) is 3.68. The van der Waals surface area contributed by atoms with Crippen molar-refractivity contribution in [2.45, 2.75) is 13.3 Å². The molecule has 150 valence electrons. The number of nitrogens with one attached hydrogen (secondary N) is 1. The smallest absolute Gasteiger partial charge is 0.273 e. The third kappa shape index (κ3) is 5.20. The van der Waals surface area contributed by atoms with E-state index in [1.165, 1.54) is 16.2 Å². The van der Waals surface area contributed by atoms with Crippen molar-refractivity contribution < 1.29 is 14.3 Å². The fourth-order valence-electron chi connectivity index (χ4n) is 2.88. The third-order valence-electron chi connectivity index (χ3n) is 4.24. The van der Waals surface area contributed by atoms with E-state index in [9.17, 15) is 9.59 Å². The van der Waals surface area contributed by atoms with Gasteiger partial charge in [-0.25, -0.2) is 4.98 Å². The highest BCUT2D eigenvalue weighted by atomic mass is 32.1. The van der Waals surface area contributed by atoms with Gasteiger partial charge in [-0.3, -0.25) is 9.59 Å². The molecule has 1 heterocycles. The molecule has 2 amide bonds. The number of carbonyl (C=O) groups excluding carboxylic acids is 2. The monoisotopic (exact) mass is 409 g/mol. The summed E-state index contributed by atoms with van der Waals surface area (Å²) in [5, 5.41) is 5.33. The van der Waals surface area contributed by atoms with Crippen molar-refractivity contribution in [3.63, 3.8) is 0 Å².